The molecule has 1 heterocycles. The molecule has 1 saturated heterocycles. The normalized spacial score (nSPS) is 15.8. The third-order valence-electron chi connectivity index (χ3n) is 4.65. The van der Waals surface area contributed by atoms with E-state index in [4.69, 9.17) is 14.3 Å². The fraction of sp³-hybridized carbons (Fsp3) is 0.524. The molecular weight excluding hydrogens is 408 g/mol. The highest BCUT2D eigenvalue weighted by Gasteiger charge is 2.26. The minimum Gasteiger partial charge on any atom is -0.486 e. The molecule has 8 nitrogen and oxygen atoms in total. The van der Waals surface area contributed by atoms with Crippen LogP contribution < -0.4 is 4.74 Å². The second-order valence-electron chi connectivity index (χ2n) is 7.59. The van der Waals surface area contributed by atoms with E-state index in [1.807, 2.05) is 20.8 Å². The van der Waals surface area contributed by atoms with Crippen LogP contribution in [-0.2, 0) is 19.4 Å². The average molecular weight is 439 g/mol. The second-order valence-corrected chi connectivity index (χ2v) is 9.60. The first-order chi connectivity index (χ1) is 14.1. The van der Waals surface area contributed by atoms with Gasteiger partial charge in [0.2, 0.25) is 0 Å². The lowest BCUT2D eigenvalue weighted by Gasteiger charge is -2.31. The van der Waals surface area contributed by atoms with Crippen LogP contribution in [0.2, 0.25) is 0 Å². The molecule has 0 bridgehead atoms. The largest absolute Gasteiger partial charge is 0.486 e. The Kier molecular flexibility index (Phi) is 8.28. The van der Waals surface area contributed by atoms with Gasteiger partial charge in [0.15, 0.2) is 15.6 Å². The van der Waals surface area contributed by atoms with Crippen LogP contribution >= 0.6 is 0 Å². The first-order valence-corrected chi connectivity index (χ1v) is 11.7. The lowest BCUT2D eigenvalue weighted by Crippen LogP contribution is -2.41. The zero-order valence-electron chi connectivity index (χ0n) is 18.0. The number of piperidine rings is 1. The van der Waals surface area contributed by atoms with Gasteiger partial charge >= 0.3 is 6.09 Å². The molecule has 0 N–H and O–H groups in total. The number of carbonyl (C=O) groups is 1. The van der Waals surface area contributed by atoms with E-state index in [1.54, 1.807) is 17.0 Å². The van der Waals surface area contributed by atoms with Crippen molar-refractivity contribution in [3.05, 3.63) is 36.6 Å². The van der Waals surface area contributed by atoms with Crippen molar-refractivity contribution in [3.8, 4) is 5.75 Å². The molecule has 0 spiro atoms. The standard InChI is InChI=1S/C21H30N2O6S/c1-15(2)28-21(24)23-12-10-18(11-13-23)17(4)22-29-16(3)14-27-19-6-8-20(9-7-19)30(5,25)26/h6-9,15,18H,3,10-14H2,1-2,4-5H3/b22-17+. The maximum atomic E-state index is 12.0. The van der Waals surface area contributed by atoms with Gasteiger partial charge in [-0.3, -0.25) is 0 Å². The van der Waals surface area contributed by atoms with Crippen LogP contribution in [-0.4, -0.2) is 57.2 Å². The molecule has 0 aromatic heterocycles. The number of hydrogen-bond acceptors (Lipinski definition) is 7. The number of sulfone groups is 1. The molecule has 30 heavy (non-hydrogen) atoms. The Hall–Kier alpha value is -2.55. The highest BCUT2D eigenvalue weighted by Crippen LogP contribution is 2.21. The highest BCUT2D eigenvalue weighted by molar-refractivity contribution is 7.90. The van der Waals surface area contributed by atoms with Gasteiger partial charge in [-0.15, -0.1) is 0 Å². The first kappa shape index (κ1) is 23.7. The molecule has 0 aliphatic carbocycles. The predicted octanol–water partition coefficient (Wildman–Crippen LogP) is 3.63. The molecule has 1 aliphatic heterocycles. The van der Waals surface area contributed by atoms with Gasteiger partial charge in [0.05, 0.1) is 16.7 Å². The Balaban J connectivity index is 1.76. The van der Waals surface area contributed by atoms with Crippen LogP contribution in [0.25, 0.3) is 0 Å². The number of oxime groups is 1. The maximum absolute atomic E-state index is 12.0. The van der Waals surface area contributed by atoms with Crippen LogP contribution in [0.15, 0.2) is 46.7 Å². The van der Waals surface area contributed by atoms with Crippen LogP contribution in [0.1, 0.15) is 33.6 Å². The van der Waals surface area contributed by atoms with Crippen molar-refractivity contribution in [1.82, 2.24) is 4.90 Å². The first-order valence-electron chi connectivity index (χ1n) is 9.84. The van der Waals surface area contributed by atoms with Gasteiger partial charge in [0, 0.05) is 25.3 Å². The number of benzene rings is 1. The zero-order valence-corrected chi connectivity index (χ0v) is 18.8. The van der Waals surface area contributed by atoms with Gasteiger partial charge in [-0.25, -0.2) is 13.2 Å². The van der Waals surface area contributed by atoms with Crippen LogP contribution in [0.5, 0.6) is 5.75 Å². The summed E-state index contributed by atoms with van der Waals surface area (Å²) in [4.78, 5) is 19.2. The SMILES string of the molecule is C=C(COc1ccc(S(C)(=O)=O)cc1)O/N=C(\C)C1CCN(C(=O)OC(C)C)CC1. The summed E-state index contributed by atoms with van der Waals surface area (Å²) < 4.78 is 33.7. The Morgan fingerprint density at radius 2 is 1.83 bits per heavy atom. The minimum absolute atomic E-state index is 0.0918. The van der Waals surface area contributed by atoms with Gasteiger partial charge < -0.3 is 19.2 Å². The summed E-state index contributed by atoms with van der Waals surface area (Å²) in [6.07, 6.45) is 2.34. The van der Waals surface area contributed by atoms with Gasteiger partial charge in [-0.2, -0.15) is 0 Å². The summed E-state index contributed by atoms with van der Waals surface area (Å²) in [6.45, 7) is 10.7. The van der Waals surface area contributed by atoms with Crippen LogP contribution in [0.4, 0.5) is 4.79 Å². The summed E-state index contributed by atoms with van der Waals surface area (Å²) >= 11 is 0. The molecule has 0 radical (unpaired) electrons. The Labute approximate surface area is 178 Å². The molecule has 1 fully saturated rings. The van der Waals surface area contributed by atoms with E-state index in [0.717, 1.165) is 24.8 Å². The average Bonchev–Trinajstić information content (AvgIpc) is 2.69. The monoisotopic (exact) mass is 438 g/mol. The van der Waals surface area contributed by atoms with Crippen molar-refractivity contribution >= 4 is 21.6 Å². The van der Waals surface area contributed by atoms with Crippen molar-refractivity contribution < 1.29 is 27.5 Å². The number of hydrogen-bond donors (Lipinski definition) is 0. The number of nitrogens with zero attached hydrogens (tertiary/aromatic N) is 2. The van der Waals surface area contributed by atoms with E-state index < -0.39 is 9.84 Å². The summed E-state index contributed by atoms with van der Waals surface area (Å²) in [5.74, 6) is 1.07. The molecule has 0 saturated carbocycles. The Bertz CT molecular complexity index is 869. The number of rotatable bonds is 8. The molecule has 0 atom stereocenters. The molecular formula is C21H30N2O6S. The fourth-order valence-corrected chi connectivity index (χ4v) is 3.57. The molecule has 1 amide bonds. The Morgan fingerprint density at radius 1 is 1.23 bits per heavy atom. The predicted molar refractivity (Wildman–Crippen MR) is 114 cm³/mol. The second kappa shape index (κ2) is 10.5. The van der Waals surface area contributed by atoms with Gasteiger partial charge in [-0.05, 0) is 57.9 Å². The van der Waals surface area contributed by atoms with E-state index in [9.17, 15) is 13.2 Å². The van der Waals surface area contributed by atoms with E-state index in [-0.39, 0.29) is 29.6 Å². The van der Waals surface area contributed by atoms with Crippen molar-refractivity contribution in [2.75, 3.05) is 26.0 Å². The summed E-state index contributed by atoms with van der Waals surface area (Å²) in [5, 5.41) is 4.15. The summed E-state index contributed by atoms with van der Waals surface area (Å²) in [6, 6.07) is 6.13. The lowest BCUT2D eigenvalue weighted by atomic mass is 9.93. The van der Waals surface area contributed by atoms with E-state index in [1.165, 1.54) is 12.1 Å². The number of amides is 1. The molecule has 1 aliphatic rings. The highest BCUT2D eigenvalue weighted by atomic mass is 32.2. The van der Waals surface area contributed by atoms with Crippen LogP contribution in [0, 0.1) is 5.92 Å². The van der Waals surface area contributed by atoms with Crippen molar-refractivity contribution in [2.45, 2.75) is 44.6 Å². The molecule has 166 valence electrons. The molecule has 1 aromatic rings. The van der Waals surface area contributed by atoms with Gasteiger partial charge in [-0.1, -0.05) is 11.7 Å². The molecule has 0 unspecified atom stereocenters. The topological polar surface area (TPSA) is 94.5 Å². The number of carbonyl (C=O) groups excluding carboxylic acids is 1. The van der Waals surface area contributed by atoms with Crippen molar-refractivity contribution in [2.24, 2.45) is 11.1 Å². The fourth-order valence-electron chi connectivity index (χ4n) is 2.94. The number of ether oxygens (including phenoxy) is 2. The number of likely N-dealkylation sites (tertiary alicyclic amines) is 1. The lowest BCUT2D eigenvalue weighted by molar-refractivity contribution is 0.0684. The van der Waals surface area contributed by atoms with E-state index >= 15 is 0 Å². The summed E-state index contributed by atoms with van der Waals surface area (Å²) in [5.41, 5.74) is 0.838. The third kappa shape index (κ3) is 7.37. The molecule has 9 heteroatoms. The van der Waals surface area contributed by atoms with Gasteiger partial charge in [0.1, 0.15) is 12.4 Å². The quantitative estimate of drug-likeness (QED) is 0.349. The summed E-state index contributed by atoms with van der Waals surface area (Å²) in [7, 11) is -3.24. The van der Waals surface area contributed by atoms with Crippen molar-refractivity contribution in [1.29, 1.82) is 0 Å². The smallest absolute Gasteiger partial charge is 0.410 e. The van der Waals surface area contributed by atoms with E-state index in [2.05, 4.69) is 11.7 Å². The minimum atomic E-state index is -3.24. The Morgan fingerprint density at radius 3 is 2.37 bits per heavy atom. The van der Waals surface area contributed by atoms with E-state index in [0.29, 0.717) is 24.6 Å². The van der Waals surface area contributed by atoms with Gasteiger partial charge in [0.25, 0.3) is 0 Å². The van der Waals surface area contributed by atoms with Crippen molar-refractivity contribution in [3.63, 3.8) is 0 Å². The maximum Gasteiger partial charge on any atom is 0.410 e. The van der Waals surface area contributed by atoms with Crippen LogP contribution in [0.3, 0.4) is 0 Å². The zero-order chi connectivity index (χ0) is 22.3. The third-order valence-corrected chi connectivity index (χ3v) is 5.78. The molecule has 1 aromatic carbocycles. The molecule has 2 rings (SSSR count).